The molecule has 0 radical (unpaired) electrons. The number of H-pyrrole nitrogens is 1. The molecule has 8 nitrogen and oxygen atoms in total. The fourth-order valence-corrected chi connectivity index (χ4v) is 1.50. The van der Waals surface area contributed by atoms with Gasteiger partial charge in [0.05, 0.1) is 18.4 Å². The summed E-state index contributed by atoms with van der Waals surface area (Å²) >= 11 is 0. The molecule has 2 aromatic rings. The number of hydrogen-bond donors (Lipinski definition) is 2. The topological polar surface area (TPSA) is 117 Å². The van der Waals surface area contributed by atoms with Gasteiger partial charge in [-0.25, -0.2) is 9.18 Å². The van der Waals surface area contributed by atoms with Crippen LogP contribution in [-0.4, -0.2) is 33.7 Å². The lowest BCUT2D eigenvalue weighted by molar-refractivity contribution is 0.0602. The summed E-state index contributed by atoms with van der Waals surface area (Å²) in [6.45, 7) is 0. The Labute approximate surface area is 118 Å². The van der Waals surface area contributed by atoms with Crippen molar-refractivity contribution < 1.29 is 13.9 Å². The highest BCUT2D eigenvalue weighted by Gasteiger charge is 2.13. The molecule has 21 heavy (non-hydrogen) atoms. The van der Waals surface area contributed by atoms with E-state index in [1.54, 1.807) is 0 Å². The summed E-state index contributed by atoms with van der Waals surface area (Å²) in [5.74, 6) is -1.11. The number of carbonyl (C=O) groups excluding carboxylic acids is 1. The van der Waals surface area contributed by atoms with Crippen molar-refractivity contribution in [1.82, 2.24) is 20.6 Å². The van der Waals surface area contributed by atoms with Crippen LogP contribution in [0.25, 0.3) is 5.57 Å². The number of hydrogen-bond acceptors (Lipinski definition) is 7. The average Bonchev–Trinajstić information content (AvgIpc) is 3.01. The van der Waals surface area contributed by atoms with Crippen molar-refractivity contribution >= 4 is 17.2 Å². The SMILES string of the molecule is COC(=O)c1ccc(F)cc1NC=C(C#N)c1nn[nH]n1. The molecule has 2 N–H and O–H groups in total. The fraction of sp³-hybridized carbons (Fsp3) is 0.0833. The number of ether oxygens (including phenoxy) is 1. The van der Waals surface area contributed by atoms with Crippen molar-refractivity contribution in [1.29, 1.82) is 5.26 Å². The van der Waals surface area contributed by atoms with E-state index in [1.165, 1.54) is 19.4 Å². The largest absolute Gasteiger partial charge is 0.465 e. The molecule has 0 saturated heterocycles. The Hall–Kier alpha value is -3.28. The molecule has 106 valence electrons. The zero-order valence-electron chi connectivity index (χ0n) is 10.8. The summed E-state index contributed by atoms with van der Waals surface area (Å²) in [6, 6.07) is 5.37. The van der Waals surface area contributed by atoms with E-state index in [0.29, 0.717) is 0 Å². The van der Waals surface area contributed by atoms with Gasteiger partial charge in [-0.3, -0.25) is 0 Å². The van der Waals surface area contributed by atoms with Crippen LogP contribution < -0.4 is 5.32 Å². The summed E-state index contributed by atoms with van der Waals surface area (Å²) in [5.41, 5.74) is 0.336. The summed E-state index contributed by atoms with van der Waals surface area (Å²) in [4.78, 5) is 11.6. The molecule has 2 rings (SSSR count). The number of tetrazole rings is 1. The number of aromatic nitrogens is 4. The standard InChI is InChI=1S/C12H9FN6O2/c1-21-12(20)9-3-2-8(13)4-10(9)15-6-7(5-14)11-16-18-19-17-11/h2-4,6,15H,1H3,(H,16,17,18,19). The number of allylic oxidation sites excluding steroid dienone is 1. The number of nitrogens with one attached hydrogen (secondary N) is 2. The lowest BCUT2D eigenvalue weighted by Crippen LogP contribution is -2.06. The van der Waals surface area contributed by atoms with Crippen LogP contribution in [0.15, 0.2) is 24.4 Å². The first-order valence-electron chi connectivity index (χ1n) is 5.64. The van der Waals surface area contributed by atoms with E-state index < -0.39 is 11.8 Å². The molecule has 1 heterocycles. The Balaban J connectivity index is 2.33. The van der Waals surface area contributed by atoms with Gasteiger partial charge in [0.25, 0.3) is 0 Å². The third kappa shape index (κ3) is 3.19. The van der Waals surface area contributed by atoms with Crippen LogP contribution in [0.3, 0.4) is 0 Å². The predicted molar refractivity (Wildman–Crippen MR) is 69.1 cm³/mol. The van der Waals surface area contributed by atoms with Gasteiger partial charge < -0.3 is 10.1 Å². The van der Waals surface area contributed by atoms with E-state index >= 15 is 0 Å². The Morgan fingerprint density at radius 3 is 3.00 bits per heavy atom. The van der Waals surface area contributed by atoms with Crippen LogP contribution in [0.4, 0.5) is 10.1 Å². The molecule has 0 unspecified atom stereocenters. The predicted octanol–water partition coefficient (Wildman–Crippen LogP) is 1.10. The van der Waals surface area contributed by atoms with Gasteiger partial charge in [-0.15, -0.1) is 10.2 Å². The van der Waals surface area contributed by atoms with Gasteiger partial charge >= 0.3 is 5.97 Å². The van der Waals surface area contributed by atoms with Crippen LogP contribution in [0, 0.1) is 17.1 Å². The van der Waals surface area contributed by atoms with Crippen molar-refractivity contribution in [3.05, 3.63) is 41.6 Å². The van der Waals surface area contributed by atoms with Crippen molar-refractivity contribution in [2.75, 3.05) is 12.4 Å². The molecule has 0 spiro atoms. The Bertz CT molecular complexity index is 720. The molecule has 1 aromatic carbocycles. The fourth-order valence-electron chi connectivity index (χ4n) is 1.50. The number of benzene rings is 1. The molecule has 1 aromatic heterocycles. The van der Waals surface area contributed by atoms with Crippen LogP contribution in [0.1, 0.15) is 16.2 Å². The average molecular weight is 288 g/mol. The number of halogens is 1. The lowest BCUT2D eigenvalue weighted by atomic mass is 10.1. The van der Waals surface area contributed by atoms with Gasteiger partial charge in [-0.1, -0.05) is 0 Å². The van der Waals surface area contributed by atoms with Crippen molar-refractivity contribution in [2.24, 2.45) is 0 Å². The van der Waals surface area contributed by atoms with Gasteiger partial charge in [0, 0.05) is 6.20 Å². The maximum absolute atomic E-state index is 13.3. The minimum Gasteiger partial charge on any atom is -0.465 e. The molecular weight excluding hydrogens is 279 g/mol. The zero-order valence-corrected chi connectivity index (χ0v) is 10.8. The number of methoxy groups -OCH3 is 1. The molecule has 0 fully saturated rings. The number of aromatic amines is 1. The monoisotopic (exact) mass is 288 g/mol. The molecule has 9 heteroatoms. The number of carbonyl (C=O) groups is 1. The van der Waals surface area contributed by atoms with Crippen molar-refractivity contribution in [3.8, 4) is 6.07 Å². The third-order valence-electron chi connectivity index (χ3n) is 2.47. The van der Waals surface area contributed by atoms with Gasteiger partial charge in [-0.2, -0.15) is 10.5 Å². The van der Waals surface area contributed by atoms with E-state index in [1.807, 2.05) is 6.07 Å². The molecule has 0 aliphatic carbocycles. The van der Waals surface area contributed by atoms with Gasteiger partial charge in [-0.05, 0) is 23.4 Å². The minimum absolute atomic E-state index is 0.0591. The second kappa shape index (κ2) is 6.25. The third-order valence-corrected chi connectivity index (χ3v) is 2.47. The van der Waals surface area contributed by atoms with Crippen LogP contribution in [-0.2, 0) is 4.74 Å². The first-order chi connectivity index (χ1) is 10.2. The normalized spacial score (nSPS) is 10.8. The maximum atomic E-state index is 13.3. The quantitative estimate of drug-likeness (QED) is 0.639. The van der Waals surface area contributed by atoms with Crippen molar-refractivity contribution in [2.45, 2.75) is 0 Å². The Morgan fingerprint density at radius 2 is 2.38 bits per heavy atom. The number of rotatable bonds is 4. The molecular formula is C12H9FN6O2. The molecule has 0 bridgehead atoms. The Kier molecular flexibility index (Phi) is 4.20. The second-order valence-corrected chi connectivity index (χ2v) is 3.73. The zero-order chi connectivity index (χ0) is 15.2. The summed E-state index contributed by atoms with van der Waals surface area (Å²) in [7, 11) is 1.21. The minimum atomic E-state index is -0.635. The number of esters is 1. The summed E-state index contributed by atoms with van der Waals surface area (Å²) < 4.78 is 17.9. The summed E-state index contributed by atoms with van der Waals surface area (Å²) in [6.07, 6.45) is 1.24. The van der Waals surface area contributed by atoms with E-state index in [2.05, 4.69) is 30.7 Å². The molecule has 0 aliphatic heterocycles. The number of nitrogens with zero attached hydrogens (tertiary/aromatic N) is 4. The highest BCUT2D eigenvalue weighted by molar-refractivity contribution is 5.96. The van der Waals surface area contributed by atoms with E-state index in [9.17, 15) is 9.18 Å². The molecule has 0 atom stereocenters. The van der Waals surface area contributed by atoms with Crippen LogP contribution in [0.5, 0.6) is 0 Å². The highest BCUT2D eigenvalue weighted by Crippen LogP contribution is 2.19. The highest BCUT2D eigenvalue weighted by atomic mass is 19.1. The van der Waals surface area contributed by atoms with Gasteiger partial charge in [0.15, 0.2) is 0 Å². The van der Waals surface area contributed by atoms with E-state index in [4.69, 9.17) is 5.26 Å². The van der Waals surface area contributed by atoms with Gasteiger partial charge in [0.1, 0.15) is 17.5 Å². The second-order valence-electron chi connectivity index (χ2n) is 3.73. The van der Waals surface area contributed by atoms with Crippen LogP contribution in [0.2, 0.25) is 0 Å². The lowest BCUT2D eigenvalue weighted by Gasteiger charge is -2.07. The molecule has 0 amide bonds. The Morgan fingerprint density at radius 1 is 1.57 bits per heavy atom. The first-order valence-corrected chi connectivity index (χ1v) is 5.64. The van der Waals surface area contributed by atoms with E-state index in [-0.39, 0.29) is 22.6 Å². The van der Waals surface area contributed by atoms with Crippen LogP contribution >= 0.6 is 0 Å². The van der Waals surface area contributed by atoms with Gasteiger partial charge in [0.2, 0.25) is 5.82 Å². The number of anilines is 1. The summed E-state index contributed by atoms with van der Waals surface area (Å²) in [5, 5.41) is 24.5. The smallest absolute Gasteiger partial charge is 0.339 e. The molecule has 0 aliphatic rings. The maximum Gasteiger partial charge on any atom is 0.339 e. The number of nitriles is 1. The van der Waals surface area contributed by atoms with E-state index in [0.717, 1.165) is 12.1 Å². The first kappa shape index (κ1) is 14.1. The molecule has 0 saturated carbocycles. The van der Waals surface area contributed by atoms with Crippen molar-refractivity contribution in [3.63, 3.8) is 0 Å².